The molecule has 37 heavy (non-hydrogen) atoms. The molecule has 1 N–H and O–H groups in total. The van der Waals surface area contributed by atoms with Gasteiger partial charge in [0.1, 0.15) is 0 Å². The molecule has 5 heteroatoms. The molecule has 5 aromatic rings. The van der Waals surface area contributed by atoms with Gasteiger partial charge in [0.2, 0.25) is 0 Å². The van der Waals surface area contributed by atoms with E-state index in [0.717, 1.165) is 50.3 Å². The molecule has 0 atom stereocenters. The summed E-state index contributed by atoms with van der Waals surface area (Å²) in [6.45, 7) is 10.6. The number of carbonyl (C=O) groups is 1. The predicted octanol–water partition coefficient (Wildman–Crippen LogP) is 8.58. The third-order valence-corrected chi connectivity index (χ3v) is 7.62. The number of hydrogen-bond donors (Lipinski definition) is 1. The first-order chi connectivity index (χ1) is 17.8. The maximum atomic E-state index is 13.6. The van der Waals surface area contributed by atoms with Gasteiger partial charge in [-0.3, -0.25) is 10.1 Å². The van der Waals surface area contributed by atoms with Gasteiger partial charge in [0.25, 0.3) is 5.91 Å². The number of nitrogens with zero attached hydrogens (tertiary/aromatic N) is 2. The van der Waals surface area contributed by atoms with Gasteiger partial charge in [0.15, 0.2) is 5.13 Å². The number of pyridine rings is 1. The molecule has 186 valence electrons. The zero-order valence-electron chi connectivity index (χ0n) is 21.9. The first-order valence-corrected chi connectivity index (χ1v) is 13.5. The van der Waals surface area contributed by atoms with Crippen LogP contribution in [0, 0.1) is 13.8 Å². The molecule has 0 unspecified atom stereocenters. The van der Waals surface area contributed by atoms with E-state index in [4.69, 9.17) is 9.97 Å². The summed E-state index contributed by atoms with van der Waals surface area (Å²) < 4.78 is 0. The number of rotatable bonds is 6. The van der Waals surface area contributed by atoms with Crippen molar-refractivity contribution < 1.29 is 4.79 Å². The van der Waals surface area contributed by atoms with Crippen molar-refractivity contribution in [2.45, 2.75) is 47.0 Å². The van der Waals surface area contributed by atoms with Crippen molar-refractivity contribution in [1.82, 2.24) is 9.97 Å². The summed E-state index contributed by atoms with van der Waals surface area (Å²) in [5.74, 6) is 0.277. The number of anilines is 1. The number of aromatic nitrogens is 2. The quantitative estimate of drug-likeness (QED) is 0.251. The standard InChI is InChI=1S/C32H31N3OS/c1-6-22-8-10-25(11-9-22)30-21(5)37-32(34-30)35-31(36)27-18-29(24-14-12-23(13-15-24)19(2)3)33-28-16-7-20(4)17-26(27)28/h7-19H,6H2,1-5H3,(H,34,35,36). The van der Waals surface area contributed by atoms with E-state index in [1.165, 1.54) is 22.5 Å². The minimum atomic E-state index is -0.181. The smallest absolute Gasteiger partial charge is 0.258 e. The van der Waals surface area contributed by atoms with Gasteiger partial charge < -0.3 is 0 Å². The Hall–Kier alpha value is -3.83. The molecule has 0 spiro atoms. The minimum absolute atomic E-state index is 0.181. The molecule has 2 aromatic heterocycles. The molecule has 2 heterocycles. The first kappa shape index (κ1) is 24.8. The Morgan fingerprint density at radius 1 is 0.892 bits per heavy atom. The molecule has 0 radical (unpaired) electrons. The first-order valence-electron chi connectivity index (χ1n) is 12.7. The number of thiazole rings is 1. The summed E-state index contributed by atoms with van der Waals surface area (Å²) in [5.41, 5.74) is 8.78. The molecule has 0 aliphatic heterocycles. The van der Waals surface area contributed by atoms with Gasteiger partial charge in [-0.25, -0.2) is 9.97 Å². The van der Waals surface area contributed by atoms with E-state index in [1.54, 1.807) is 0 Å². The predicted molar refractivity (Wildman–Crippen MR) is 156 cm³/mol. The van der Waals surface area contributed by atoms with E-state index >= 15 is 0 Å². The number of benzene rings is 3. The number of nitrogens with one attached hydrogen (secondary N) is 1. The molecular formula is C32H31N3OS. The zero-order chi connectivity index (χ0) is 26.1. The number of aryl methyl sites for hydroxylation is 3. The van der Waals surface area contributed by atoms with Crippen molar-refractivity contribution in [3.05, 3.63) is 99.9 Å². The number of fused-ring (bicyclic) bond motifs is 1. The second-order valence-corrected chi connectivity index (χ2v) is 11.0. The Labute approximate surface area is 222 Å². The average Bonchev–Trinajstić information content (AvgIpc) is 3.27. The van der Waals surface area contributed by atoms with Crippen LogP contribution in [0.25, 0.3) is 33.4 Å². The van der Waals surface area contributed by atoms with Gasteiger partial charge in [0.05, 0.1) is 22.5 Å². The van der Waals surface area contributed by atoms with E-state index in [0.29, 0.717) is 16.6 Å². The highest BCUT2D eigenvalue weighted by Crippen LogP contribution is 2.32. The lowest BCUT2D eigenvalue weighted by molar-refractivity contribution is 0.102. The van der Waals surface area contributed by atoms with E-state index in [1.807, 2.05) is 38.1 Å². The monoisotopic (exact) mass is 505 g/mol. The summed E-state index contributed by atoms with van der Waals surface area (Å²) in [7, 11) is 0. The van der Waals surface area contributed by atoms with Gasteiger partial charge in [0, 0.05) is 21.4 Å². The van der Waals surface area contributed by atoms with Crippen molar-refractivity contribution in [2.75, 3.05) is 5.32 Å². The van der Waals surface area contributed by atoms with Crippen LogP contribution in [-0.4, -0.2) is 15.9 Å². The largest absolute Gasteiger partial charge is 0.298 e. The van der Waals surface area contributed by atoms with Crippen LogP contribution in [0.2, 0.25) is 0 Å². The summed E-state index contributed by atoms with van der Waals surface area (Å²) in [4.78, 5) is 24.4. The van der Waals surface area contributed by atoms with Crippen LogP contribution in [0.1, 0.15) is 58.6 Å². The van der Waals surface area contributed by atoms with Crippen LogP contribution in [0.4, 0.5) is 5.13 Å². The van der Waals surface area contributed by atoms with Crippen LogP contribution in [0.15, 0.2) is 72.8 Å². The summed E-state index contributed by atoms with van der Waals surface area (Å²) in [6.07, 6.45) is 1.00. The lowest BCUT2D eigenvalue weighted by Crippen LogP contribution is -2.13. The van der Waals surface area contributed by atoms with Gasteiger partial charge in [-0.1, -0.05) is 80.9 Å². The third-order valence-electron chi connectivity index (χ3n) is 6.73. The van der Waals surface area contributed by atoms with Crippen molar-refractivity contribution >= 4 is 33.3 Å². The maximum absolute atomic E-state index is 13.6. The van der Waals surface area contributed by atoms with Crippen LogP contribution < -0.4 is 5.32 Å². The second kappa shape index (κ2) is 10.3. The molecule has 3 aromatic carbocycles. The summed E-state index contributed by atoms with van der Waals surface area (Å²) in [5, 5.41) is 4.50. The van der Waals surface area contributed by atoms with Gasteiger partial charge in [-0.15, -0.1) is 11.3 Å². The molecule has 0 bridgehead atoms. The number of hydrogen-bond acceptors (Lipinski definition) is 4. The number of amides is 1. The van der Waals surface area contributed by atoms with Crippen LogP contribution in [0.5, 0.6) is 0 Å². The van der Waals surface area contributed by atoms with E-state index in [-0.39, 0.29) is 5.91 Å². The minimum Gasteiger partial charge on any atom is -0.298 e. The fourth-order valence-electron chi connectivity index (χ4n) is 4.49. The molecule has 0 saturated heterocycles. The maximum Gasteiger partial charge on any atom is 0.258 e. The van der Waals surface area contributed by atoms with Crippen LogP contribution in [0.3, 0.4) is 0 Å². The fraction of sp³-hybridized carbons (Fsp3) is 0.219. The van der Waals surface area contributed by atoms with Gasteiger partial charge >= 0.3 is 0 Å². The topological polar surface area (TPSA) is 54.9 Å². The van der Waals surface area contributed by atoms with E-state index in [2.05, 4.69) is 74.6 Å². The molecule has 0 saturated carbocycles. The fourth-order valence-corrected chi connectivity index (χ4v) is 5.33. The Morgan fingerprint density at radius 2 is 1.59 bits per heavy atom. The average molecular weight is 506 g/mol. The number of carbonyl (C=O) groups excluding carboxylic acids is 1. The molecule has 0 fully saturated rings. The lowest BCUT2D eigenvalue weighted by atomic mass is 9.99. The van der Waals surface area contributed by atoms with Gasteiger partial charge in [-0.2, -0.15) is 0 Å². The second-order valence-electron chi connectivity index (χ2n) is 9.78. The Balaban J connectivity index is 1.51. The highest BCUT2D eigenvalue weighted by Gasteiger charge is 2.18. The Morgan fingerprint density at radius 3 is 2.27 bits per heavy atom. The highest BCUT2D eigenvalue weighted by molar-refractivity contribution is 7.16. The van der Waals surface area contributed by atoms with Crippen molar-refractivity contribution in [1.29, 1.82) is 0 Å². The normalized spacial score (nSPS) is 11.3. The molecule has 1 amide bonds. The van der Waals surface area contributed by atoms with Gasteiger partial charge in [-0.05, 0) is 55.5 Å². The molecule has 5 rings (SSSR count). The highest BCUT2D eigenvalue weighted by atomic mass is 32.1. The molecule has 0 aliphatic rings. The third kappa shape index (κ3) is 5.18. The summed E-state index contributed by atoms with van der Waals surface area (Å²) >= 11 is 1.50. The molecule has 4 nitrogen and oxygen atoms in total. The molecular weight excluding hydrogens is 474 g/mol. The Bertz CT molecular complexity index is 1580. The SMILES string of the molecule is CCc1ccc(-c2nc(NC(=O)c3cc(-c4ccc(C(C)C)cc4)nc4ccc(C)cc34)sc2C)cc1. The van der Waals surface area contributed by atoms with Crippen molar-refractivity contribution in [3.63, 3.8) is 0 Å². The van der Waals surface area contributed by atoms with E-state index in [9.17, 15) is 4.79 Å². The van der Waals surface area contributed by atoms with Crippen LogP contribution in [-0.2, 0) is 6.42 Å². The van der Waals surface area contributed by atoms with E-state index < -0.39 is 0 Å². The lowest BCUT2D eigenvalue weighted by Gasteiger charge is -2.11. The molecule has 0 aliphatic carbocycles. The summed E-state index contributed by atoms with van der Waals surface area (Å²) in [6, 6.07) is 24.8. The van der Waals surface area contributed by atoms with Crippen molar-refractivity contribution in [3.8, 4) is 22.5 Å². The zero-order valence-corrected chi connectivity index (χ0v) is 22.7. The van der Waals surface area contributed by atoms with Crippen molar-refractivity contribution in [2.24, 2.45) is 0 Å². The Kier molecular flexibility index (Phi) is 6.90. The van der Waals surface area contributed by atoms with Crippen LogP contribution >= 0.6 is 11.3 Å².